The lowest BCUT2D eigenvalue weighted by molar-refractivity contribution is -0.114. The maximum atomic E-state index is 12.1. The maximum Gasteiger partial charge on any atom is 0.299 e. The van der Waals surface area contributed by atoms with E-state index in [0.29, 0.717) is 29.4 Å². The molecule has 0 N–H and O–H groups in total. The average Bonchev–Trinajstić information content (AvgIpc) is 2.79. The molecule has 5 heteroatoms. The Morgan fingerprint density at radius 1 is 1.08 bits per heavy atom. The van der Waals surface area contributed by atoms with Gasteiger partial charge in [-0.2, -0.15) is 0 Å². The molecular weight excluding hydrogens is 326 g/mol. The number of carbonyl (C=O) groups is 2. The summed E-state index contributed by atoms with van der Waals surface area (Å²) in [7, 11) is 0. The SMILES string of the molecule is Cc1cccc(OCCCCN2C(=O)C(=O)c3cc(Cl)ccc32)c1. The lowest BCUT2D eigenvalue weighted by Crippen LogP contribution is -2.30. The molecule has 0 atom stereocenters. The van der Waals surface area contributed by atoms with Crippen LogP contribution in [-0.2, 0) is 4.79 Å². The monoisotopic (exact) mass is 343 g/mol. The van der Waals surface area contributed by atoms with Crippen molar-refractivity contribution in [3.8, 4) is 5.75 Å². The standard InChI is InChI=1S/C19H18ClNO3/c1-13-5-4-6-15(11-13)24-10-3-2-9-21-17-8-7-14(20)12-16(17)18(22)19(21)23/h4-8,11-12H,2-3,9-10H2,1H3. The topological polar surface area (TPSA) is 46.6 Å². The van der Waals surface area contributed by atoms with Gasteiger partial charge in [0.05, 0.1) is 17.9 Å². The lowest BCUT2D eigenvalue weighted by Gasteiger charge is -2.16. The number of Topliss-reactive ketones (excluding diaryl/α,β-unsaturated/α-hetero) is 1. The predicted octanol–water partition coefficient (Wildman–Crippen LogP) is 4.04. The highest BCUT2D eigenvalue weighted by molar-refractivity contribution is 6.52. The first-order chi connectivity index (χ1) is 11.6. The molecule has 0 saturated heterocycles. The first kappa shape index (κ1) is 16.5. The van der Waals surface area contributed by atoms with Crippen molar-refractivity contribution in [2.45, 2.75) is 19.8 Å². The van der Waals surface area contributed by atoms with E-state index >= 15 is 0 Å². The van der Waals surface area contributed by atoms with Gasteiger partial charge in [-0.3, -0.25) is 9.59 Å². The van der Waals surface area contributed by atoms with Crippen molar-refractivity contribution in [3.63, 3.8) is 0 Å². The number of halogens is 1. The molecule has 4 nitrogen and oxygen atoms in total. The van der Waals surface area contributed by atoms with E-state index in [4.69, 9.17) is 16.3 Å². The minimum absolute atomic E-state index is 0.392. The van der Waals surface area contributed by atoms with Crippen molar-refractivity contribution < 1.29 is 14.3 Å². The van der Waals surface area contributed by atoms with Crippen molar-refractivity contribution in [1.82, 2.24) is 0 Å². The summed E-state index contributed by atoms with van der Waals surface area (Å²) in [5, 5.41) is 0.461. The number of ether oxygens (including phenoxy) is 1. The number of ketones is 1. The molecule has 1 amide bonds. The minimum Gasteiger partial charge on any atom is -0.494 e. The smallest absolute Gasteiger partial charge is 0.299 e. The van der Waals surface area contributed by atoms with Crippen LogP contribution in [0.5, 0.6) is 5.75 Å². The number of benzene rings is 2. The number of fused-ring (bicyclic) bond motifs is 1. The highest BCUT2D eigenvalue weighted by Crippen LogP contribution is 2.31. The molecule has 124 valence electrons. The number of anilines is 1. The van der Waals surface area contributed by atoms with Gasteiger partial charge in [-0.15, -0.1) is 0 Å². The van der Waals surface area contributed by atoms with Gasteiger partial charge in [0, 0.05) is 11.6 Å². The summed E-state index contributed by atoms with van der Waals surface area (Å²) in [4.78, 5) is 25.6. The first-order valence-electron chi connectivity index (χ1n) is 7.91. The van der Waals surface area contributed by atoms with Crippen LogP contribution < -0.4 is 9.64 Å². The van der Waals surface area contributed by atoms with Gasteiger partial charge >= 0.3 is 0 Å². The Bertz CT molecular complexity index is 788. The molecule has 1 aliphatic rings. The van der Waals surface area contributed by atoms with E-state index in [2.05, 4.69) is 0 Å². The number of hydrogen-bond acceptors (Lipinski definition) is 3. The molecule has 0 radical (unpaired) electrons. The Morgan fingerprint density at radius 2 is 1.92 bits per heavy atom. The maximum absolute atomic E-state index is 12.1. The predicted molar refractivity (Wildman–Crippen MR) is 94.0 cm³/mol. The van der Waals surface area contributed by atoms with Crippen LogP contribution >= 0.6 is 11.6 Å². The molecule has 2 aromatic carbocycles. The van der Waals surface area contributed by atoms with E-state index < -0.39 is 11.7 Å². The van der Waals surface area contributed by atoms with E-state index in [9.17, 15) is 9.59 Å². The van der Waals surface area contributed by atoms with Crippen LogP contribution in [0.4, 0.5) is 5.69 Å². The summed E-state index contributed by atoms with van der Waals surface area (Å²) in [5.41, 5.74) is 2.20. The average molecular weight is 344 g/mol. The van der Waals surface area contributed by atoms with Gasteiger partial charge in [-0.05, 0) is 55.7 Å². The molecule has 1 aliphatic heterocycles. The largest absolute Gasteiger partial charge is 0.494 e. The van der Waals surface area contributed by atoms with Crippen LogP contribution in [0.3, 0.4) is 0 Å². The molecular formula is C19H18ClNO3. The summed E-state index contributed by atoms with van der Waals surface area (Å²) in [6, 6.07) is 12.9. The van der Waals surface area contributed by atoms with E-state index in [1.54, 1.807) is 18.2 Å². The van der Waals surface area contributed by atoms with E-state index in [1.807, 2.05) is 31.2 Å². The molecule has 1 heterocycles. The van der Waals surface area contributed by atoms with Crippen molar-refractivity contribution in [2.75, 3.05) is 18.1 Å². The molecule has 0 saturated carbocycles. The fourth-order valence-corrected chi connectivity index (χ4v) is 2.93. The number of rotatable bonds is 6. The quantitative estimate of drug-likeness (QED) is 0.587. The fraction of sp³-hybridized carbons (Fsp3) is 0.263. The van der Waals surface area contributed by atoms with Crippen LogP contribution in [0.15, 0.2) is 42.5 Å². The van der Waals surface area contributed by atoms with Crippen molar-refractivity contribution >= 4 is 29.0 Å². The van der Waals surface area contributed by atoms with Crippen LogP contribution in [-0.4, -0.2) is 24.8 Å². The second-order valence-corrected chi connectivity index (χ2v) is 6.26. The zero-order chi connectivity index (χ0) is 17.1. The summed E-state index contributed by atoms with van der Waals surface area (Å²) < 4.78 is 5.70. The number of carbonyl (C=O) groups excluding carboxylic acids is 2. The summed E-state index contributed by atoms with van der Waals surface area (Å²) in [5.74, 6) is -0.113. The number of amides is 1. The molecule has 0 spiro atoms. The van der Waals surface area contributed by atoms with Crippen LogP contribution in [0, 0.1) is 6.92 Å². The number of nitrogens with zero attached hydrogens (tertiary/aromatic N) is 1. The van der Waals surface area contributed by atoms with Crippen LogP contribution in [0.1, 0.15) is 28.8 Å². The molecule has 0 bridgehead atoms. The minimum atomic E-state index is -0.483. The van der Waals surface area contributed by atoms with Crippen molar-refractivity contribution in [2.24, 2.45) is 0 Å². The molecule has 0 aliphatic carbocycles. The summed E-state index contributed by atoms with van der Waals surface area (Å²) in [6.07, 6.45) is 1.56. The van der Waals surface area contributed by atoms with E-state index in [0.717, 1.165) is 24.2 Å². The third-order valence-electron chi connectivity index (χ3n) is 3.97. The second kappa shape index (κ2) is 7.05. The van der Waals surface area contributed by atoms with Crippen molar-refractivity contribution in [3.05, 3.63) is 58.6 Å². The Morgan fingerprint density at radius 3 is 2.71 bits per heavy atom. The first-order valence-corrected chi connectivity index (χ1v) is 8.29. The van der Waals surface area contributed by atoms with Crippen molar-refractivity contribution in [1.29, 1.82) is 0 Å². The summed E-state index contributed by atoms with van der Waals surface area (Å²) in [6.45, 7) is 3.09. The molecule has 3 rings (SSSR count). The Kier molecular flexibility index (Phi) is 4.86. The highest BCUT2D eigenvalue weighted by Gasteiger charge is 2.35. The Labute approximate surface area is 146 Å². The fourth-order valence-electron chi connectivity index (χ4n) is 2.76. The Balaban J connectivity index is 1.52. The molecule has 24 heavy (non-hydrogen) atoms. The normalized spacial score (nSPS) is 13.3. The van der Waals surface area contributed by atoms with Gasteiger partial charge < -0.3 is 9.64 Å². The van der Waals surface area contributed by atoms with Gasteiger partial charge in [0.1, 0.15) is 5.75 Å². The van der Waals surface area contributed by atoms with Crippen LogP contribution in [0.2, 0.25) is 5.02 Å². The van der Waals surface area contributed by atoms with Crippen LogP contribution in [0.25, 0.3) is 0 Å². The number of unbranched alkanes of at least 4 members (excludes halogenated alkanes) is 1. The van der Waals surface area contributed by atoms with Gasteiger partial charge in [0.25, 0.3) is 11.7 Å². The van der Waals surface area contributed by atoms with Gasteiger partial charge in [-0.1, -0.05) is 23.7 Å². The second-order valence-electron chi connectivity index (χ2n) is 5.82. The zero-order valence-electron chi connectivity index (χ0n) is 13.4. The van der Waals surface area contributed by atoms with E-state index in [-0.39, 0.29) is 0 Å². The zero-order valence-corrected chi connectivity index (χ0v) is 14.2. The van der Waals surface area contributed by atoms with E-state index in [1.165, 1.54) is 4.90 Å². The Hall–Kier alpha value is -2.33. The molecule has 0 unspecified atom stereocenters. The molecule has 2 aromatic rings. The number of aryl methyl sites for hydroxylation is 1. The van der Waals surface area contributed by atoms with Gasteiger partial charge in [0.2, 0.25) is 0 Å². The molecule has 0 aromatic heterocycles. The highest BCUT2D eigenvalue weighted by atomic mass is 35.5. The van der Waals surface area contributed by atoms with Gasteiger partial charge in [0.15, 0.2) is 0 Å². The number of hydrogen-bond donors (Lipinski definition) is 0. The third-order valence-corrected chi connectivity index (χ3v) is 4.20. The molecule has 0 fully saturated rings. The summed E-state index contributed by atoms with van der Waals surface area (Å²) >= 11 is 5.90. The third kappa shape index (κ3) is 3.44. The lowest BCUT2D eigenvalue weighted by atomic mass is 10.1. The van der Waals surface area contributed by atoms with Gasteiger partial charge in [-0.25, -0.2) is 0 Å².